The standard InChI is InChI=1S/C13H24N4O2S/c1-3-4-8-17(10-12-6-5-7-14-12)20(18,19)13-9-15-16(2)11-13/h9,11-12,14H,3-8,10H2,1-2H3. The van der Waals surface area contributed by atoms with Crippen molar-refractivity contribution in [1.82, 2.24) is 19.4 Å². The SMILES string of the molecule is CCCCN(CC1CCCN1)S(=O)(=O)c1cnn(C)c1. The Hall–Kier alpha value is -0.920. The monoisotopic (exact) mass is 300 g/mol. The van der Waals surface area contributed by atoms with Crippen molar-refractivity contribution < 1.29 is 8.42 Å². The summed E-state index contributed by atoms with van der Waals surface area (Å²) >= 11 is 0. The van der Waals surface area contributed by atoms with Crippen LogP contribution < -0.4 is 5.32 Å². The molecular formula is C13H24N4O2S. The number of hydrogen-bond acceptors (Lipinski definition) is 4. The van der Waals surface area contributed by atoms with E-state index >= 15 is 0 Å². The van der Waals surface area contributed by atoms with Gasteiger partial charge in [0.1, 0.15) is 4.90 Å². The summed E-state index contributed by atoms with van der Waals surface area (Å²) < 4.78 is 28.5. The molecule has 0 aromatic carbocycles. The summed E-state index contributed by atoms with van der Waals surface area (Å²) in [6.07, 6.45) is 7.03. The first-order chi connectivity index (χ1) is 9.54. The number of unbranched alkanes of at least 4 members (excludes halogenated alkanes) is 1. The molecule has 2 rings (SSSR count). The summed E-state index contributed by atoms with van der Waals surface area (Å²) in [5.41, 5.74) is 0. The van der Waals surface area contributed by atoms with E-state index in [4.69, 9.17) is 0 Å². The van der Waals surface area contributed by atoms with E-state index in [0.29, 0.717) is 13.1 Å². The zero-order chi connectivity index (χ0) is 14.6. The van der Waals surface area contributed by atoms with Gasteiger partial charge in [-0.05, 0) is 25.8 Å². The molecule has 0 spiro atoms. The maximum absolute atomic E-state index is 12.7. The van der Waals surface area contributed by atoms with Crippen molar-refractivity contribution in [2.24, 2.45) is 7.05 Å². The maximum atomic E-state index is 12.7. The van der Waals surface area contributed by atoms with E-state index < -0.39 is 10.0 Å². The molecule has 0 saturated carbocycles. The highest BCUT2D eigenvalue weighted by molar-refractivity contribution is 7.89. The third kappa shape index (κ3) is 3.59. The summed E-state index contributed by atoms with van der Waals surface area (Å²) in [7, 11) is -1.70. The van der Waals surface area contributed by atoms with E-state index in [9.17, 15) is 8.42 Å². The fourth-order valence-electron chi connectivity index (χ4n) is 2.48. The normalized spacial score (nSPS) is 19.9. The number of hydrogen-bond donors (Lipinski definition) is 1. The molecule has 1 saturated heterocycles. The van der Waals surface area contributed by atoms with Gasteiger partial charge in [0.2, 0.25) is 10.0 Å². The molecule has 0 amide bonds. The third-order valence-corrected chi connectivity index (χ3v) is 5.48. The van der Waals surface area contributed by atoms with E-state index in [1.165, 1.54) is 10.9 Å². The van der Waals surface area contributed by atoms with Crippen LogP contribution in [-0.2, 0) is 17.1 Å². The quantitative estimate of drug-likeness (QED) is 0.814. The molecule has 7 heteroatoms. The van der Waals surface area contributed by atoms with Crippen LogP contribution >= 0.6 is 0 Å². The van der Waals surface area contributed by atoms with Gasteiger partial charge < -0.3 is 5.32 Å². The molecule has 2 heterocycles. The molecule has 0 aliphatic carbocycles. The lowest BCUT2D eigenvalue weighted by Gasteiger charge is -2.24. The molecule has 0 bridgehead atoms. The first kappa shape index (κ1) is 15.5. The minimum absolute atomic E-state index is 0.276. The van der Waals surface area contributed by atoms with E-state index in [1.54, 1.807) is 17.5 Å². The molecule has 6 nitrogen and oxygen atoms in total. The van der Waals surface area contributed by atoms with Gasteiger partial charge in [0.15, 0.2) is 0 Å². The number of rotatable bonds is 7. The van der Waals surface area contributed by atoms with Crippen molar-refractivity contribution >= 4 is 10.0 Å². The van der Waals surface area contributed by atoms with Gasteiger partial charge in [-0.2, -0.15) is 9.40 Å². The zero-order valence-electron chi connectivity index (χ0n) is 12.2. The maximum Gasteiger partial charge on any atom is 0.246 e. The lowest BCUT2D eigenvalue weighted by Crippen LogP contribution is -2.41. The molecular weight excluding hydrogens is 276 g/mol. The average Bonchev–Trinajstić information content (AvgIpc) is 3.05. The van der Waals surface area contributed by atoms with E-state index in [2.05, 4.69) is 17.3 Å². The Morgan fingerprint density at radius 2 is 2.35 bits per heavy atom. The molecule has 1 N–H and O–H groups in total. The van der Waals surface area contributed by atoms with Gasteiger partial charge in [0, 0.05) is 32.4 Å². The van der Waals surface area contributed by atoms with Crippen LogP contribution in [-0.4, -0.2) is 48.2 Å². The highest BCUT2D eigenvalue weighted by atomic mass is 32.2. The summed E-state index contributed by atoms with van der Waals surface area (Å²) in [5.74, 6) is 0. The number of nitrogens with one attached hydrogen (secondary N) is 1. The number of aryl methyl sites for hydroxylation is 1. The van der Waals surface area contributed by atoms with Gasteiger partial charge in [-0.3, -0.25) is 4.68 Å². The smallest absolute Gasteiger partial charge is 0.246 e. The van der Waals surface area contributed by atoms with Crippen LogP contribution in [0.15, 0.2) is 17.3 Å². The van der Waals surface area contributed by atoms with Crippen molar-refractivity contribution in [3.05, 3.63) is 12.4 Å². The van der Waals surface area contributed by atoms with Crippen LogP contribution in [0.4, 0.5) is 0 Å². The molecule has 1 unspecified atom stereocenters. The Bertz CT molecular complexity index is 520. The van der Waals surface area contributed by atoms with Gasteiger partial charge in [0.25, 0.3) is 0 Å². The fourth-order valence-corrected chi connectivity index (χ4v) is 3.99. The Morgan fingerprint density at radius 3 is 2.90 bits per heavy atom. The zero-order valence-corrected chi connectivity index (χ0v) is 13.1. The fraction of sp³-hybridized carbons (Fsp3) is 0.769. The van der Waals surface area contributed by atoms with Crippen molar-refractivity contribution in [1.29, 1.82) is 0 Å². The van der Waals surface area contributed by atoms with E-state index in [1.807, 2.05) is 0 Å². The largest absolute Gasteiger partial charge is 0.313 e. The van der Waals surface area contributed by atoms with Crippen molar-refractivity contribution in [3.8, 4) is 0 Å². The predicted molar refractivity (Wildman–Crippen MR) is 77.9 cm³/mol. The van der Waals surface area contributed by atoms with Crippen LogP contribution in [0.3, 0.4) is 0 Å². The molecule has 1 fully saturated rings. The Kier molecular flexibility index (Phi) is 5.17. The lowest BCUT2D eigenvalue weighted by molar-refractivity contribution is 0.364. The summed E-state index contributed by atoms with van der Waals surface area (Å²) in [6, 6.07) is 0.276. The predicted octanol–water partition coefficient (Wildman–Crippen LogP) is 0.963. The first-order valence-corrected chi connectivity index (χ1v) is 8.70. The van der Waals surface area contributed by atoms with Crippen LogP contribution in [0, 0.1) is 0 Å². The highest BCUT2D eigenvalue weighted by Crippen LogP contribution is 2.18. The van der Waals surface area contributed by atoms with Gasteiger partial charge in [-0.25, -0.2) is 8.42 Å². The summed E-state index contributed by atoms with van der Waals surface area (Å²) in [4.78, 5) is 0.286. The lowest BCUT2D eigenvalue weighted by atomic mass is 10.2. The van der Waals surface area contributed by atoms with Crippen molar-refractivity contribution in [2.75, 3.05) is 19.6 Å². The topological polar surface area (TPSA) is 67.2 Å². The van der Waals surface area contributed by atoms with Crippen LogP contribution in [0.1, 0.15) is 32.6 Å². The molecule has 20 heavy (non-hydrogen) atoms. The summed E-state index contributed by atoms with van der Waals surface area (Å²) in [6.45, 7) is 4.19. The Labute approximate surface area is 121 Å². The average molecular weight is 300 g/mol. The second-order valence-corrected chi connectivity index (χ2v) is 7.30. The van der Waals surface area contributed by atoms with Gasteiger partial charge in [-0.15, -0.1) is 0 Å². The van der Waals surface area contributed by atoms with E-state index in [-0.39, 0.29) is 10.9 Å². The van der Waals surface area contributed by atoms with Gasteiger partial charge >= 0.3 is 0 Å². The van der Waals surface area contributed by atoms with Crippen LogP contribution in [0.2, 0.25) is 0 Å². The molecule has 0 radical (unpaired) electrons. The Balaban J connectivity index is 2.15. The second kappa shape index (κ2) is 6.69. The minimum Gasteiger partial charge on any atom is -0.313 e. The van der Waals surface area contributed by atoms with Crippen molar-refractivity contribution in [2.45, 2.75) is 43.5 Å². The van der Waals surface area contributed by atoms with E-state index in [0.717, 1.165) is 32.2 Å². The van der Waals surface area contributed by atoms with Gasteiger partial charge in [0.05, 0.1) is 6.20 Å². The number of nitrogens with zero attached hydrogens (tertiary/aromatic N) is 3. The van der Waals surface area contributed by atoms with Crippen LogP contribution in [0.5, 0.6) is 0 Å². The molecule has 1 aliphatic rings. The summed E-state index contributed by atoms with van der Waals surface area (Å²) in [5, 5.41) is 7.34. The van der Waals surface area contributed by atoms with Crippen LogP contribution in [0.25, 0.3) is 0 Å². The minimum atomic E-state index is -3.43. The Morgan fingerprint density at radius 1 is 1.55 bits per heavy atom. The molecule has 1 atom stereocenters. The number of sulfonamides is 1. The third-order valence-electron chi connectivity index (χ3n) is 3.67. The first-order valence-electron chi connectivity index (χ1n) is 7.26. The number of aromatic nitrogens is 2. The van der Waals surface area contributed by atoms with Crippen molar-refractivity contribution in [3.63, 3.8) is 0 Å². The molecule has 1 aromatic rings. The highest BCUT2D eigenvalue weighted by Gasteiger charge is 2.28. The molecule has 1 aliphatic heterocycles. The second-order valence-electron chi connectivity index (χ2n) is 5.36. The molecule has 114 valence electrons. The van der Waals surface area contributed by atoms with Gasteiger partial charge in [-0.1, -0.05) is 13.3 Å². The molecule has 1 aromatic heterocycles.